The van der Waals surface area contributed by atoms with Crippen LogP contribution in [0.2, 0.25) is 0 Å². The van der Waals surface area contributed by atoms with Crippen molar-refractivity contribution in [3.05, 3.63) is 65.7 Å². The van der Waals surface area contributed by atoms with Gasteiger partial charge in [0.05, 0.1) is 17.9 Å². The molecule has 2 amide bonds. The van der Waals surface area contributed by atoms with Gasteiger partial charge in [-0.1, -0.05) is 42.5 Å². The number of hydrogen-bond acceptors (Lipinski definition) is 8. The Morgan fingerprint density at radius 1 is 1.09 bits per heavy atom. The van der Waals surface area contributed by atoms with E-state index < -0.39 is 42.3 Å². The Balaban J connectivity index is 1.44. The smallest absolute Gasteiger partial charge is 0.411 e. The van der Waals surface area contributed by atoms with Crippen LogP contribution in [-0.2, 0) is 35.1 Å². The molecule has 2 N–H and O–H groups in total. The van der Waals surface area contributed by atoms with Crippen molar-refractivity contribution in [2.45, 2.75) is 50.8 Å². The number of carbonyl (C=O) groups is 3. The molecule has 2 aromatic rings. The van der Waals surface area contributed by atoms with Gasteiger partial charge in [0.1, 0.15) is 24.9 Å². The molecule has 2 saturated heterocycles. The number of ether oxygens (including phenoxy) is 5. The van der Waals surface area contributed by atoms with Crippen LogP contribution in [0.25, 0.3) is 0 Å². The second-order valence-corrected chi connectivity index (χ2v) is 8.61. The van der Waals surface area contributed by atoms with Crippen LogP contribution in [0.3, 0.4) is 0 Å². The number of carbonyl (C=O) groups excluding carboxylic acids is 3. The molecule has 35 heavy (non-hydrogen) atoms. The fourth-order valence-electron chi connectivity index (χ4n) is 3.91. The van der Waals surface area contributed by atoms with Crippen LogP contribution in [-0.4, -0.2) is 61.8 Å². The van der Waals surface area contributed by atoms with Crippen LogP contribution in [0.15, 0.2) is 54.6 Å². The van der Waals surface area contributed by atoms with Gasteiger partial charge >= 0.3 is 6.09 Å². The van der Waals surface area contributed by atoms with Gasteiger partial charge in [-0.15, -0.1) is 0 Å². The molecule has 2 aliphatic heterocycles. The highest BCUT2D eigenvalue weighted by molar-refractivity contribution is 6.05. The minimum atomic E-state index is -1.12. The van der Waals surface area contributed by atoms with E-state index in [1.54, 1.807) is 32.0 Å². The first kappa shape index (κ1) is 24.8. The SMILES string of the molecule is CO[C@@H]1O[C@@H]2COC(C)(C)O[C@H]2C(=O)[C@H]1NC(=O)c1ccccc1NC(=O)OCc1ccccc1. The lowest BCUT2D eigenvalue weighted by Crippen LogP contribution is -2.66. The van der Waals surface area contributed by atoms with Crippen LogP contribution in [0.1, 0.15) is 29.8 Å². The van der Waals surface area contributed by atoms with Crippen molar-refractivity contribution in [1.82, 2.24) is 5.32 Å². The van der Waals surface area contributed by atoms with Gasteiger partial charge in [-0.25, -0.2) is 4.79 Å². The average Bonchev–Trinajstić information content (AvgIpc) is 2.85. The predicted molar refractivity (Wildman–Crippen MR) is 124 cm³/mol. The van der Waals surface area contributed by atoms with Crippen molar-refractivity contribution in [3.8, 4) is 0 Å². The third kappa shape index (κ3) is 5.85. The highest BCUT2D eigenvalue weighted by atomic mass is 16.8. The number of methoxy groups -OCH3 is 1. The molecule has 10 nitrogen and oxygen atoms in total. The van der Waals surface area contributed by atoms with Crippen LogP contribution in [0, 0.1) is 0 Å². The minimum Gasteiger partial charge on any atom is -0.444 e. The molecule has 2 fully saturated rings. The van der Waals surface area contributed by atoms with E-state index >= 15 is 0 Å². The van der Waals surface area contributed by atoms with Gasteiger partial charge in [0.25, 0.3) is 5.91 Å². The van der Waals surface area contributed by atoms with E-state index in [1.165, 1.54) is 13.2 Å². The van der Waals surface area contributed by atoms with Crippen molar-refractivity contribution < 1.29 is 38.1 Å². The van der Waals surface area contributed by atoms with Crippen molar-refractivity contribution in [2.24, 2.45) is 0 Å². The monoisotopic (exact) mass is 484 g/mol. The quantitative estimate of drug-likeness (QED) is 0.642. The summed E-state index contributed by atoms with van der Waals surface area (Å²) in [7, 11) is 1.38. The number of ketones is 1. The van der Waals surface area contributed by atoms with Crippen LogP contribution < -0.4 is 10.6 Å². The van der Waals surface area contributed by atoms with Gasteiger partial charge in [0, 0.05) is 7.11 Å². The molecule has 0 bridgehead atoms. The van der Waals surface area contributed by atoms with E-state index in [1.807, 2.05) is 30.3 Å². The molecule has 186 valence electrons. The first-order valence-electron chi connectivity index (χ1n) is 11.2. The Kier molecular flexibility index (Phi) is 7.46. The molecule has 0 unspecified atom stereocenters. The summed E-state index contributed by atoms with van der Waals surface area (Å²) in [5.74, 6) is -1.95. The summed E-state index contributed by atoms with van der Waals surface area (Å²) in [6.07, 6.45) is -3.32. The second-order valence-electron chi connectivity index (χ2n) is 8.61. The fourth-order valence-corrected chi connectivity index (χ4v) is 3.91. The summed E-state index contributed by atoms with van der Waals surface area (Å²) in [4.78, 5) is 38.7. The van der Waals surface area contributed by atoms with Gasteiger partial charge in [-0.2, -0.15) is 0 Å². The molecule has 0 aromatic heterocycles. The van der Waals surface area contributed by atoms with E-state index in [0.29, 0.717) is 0 Å². The van der Waals surface area contributed by atoms with Crippen LogP contribution in [0.5, 0.6) is 0 Å². The Labute approximate surface area is 202 Å². The largest absolute Gasteiger partial charge is 0.444 e. The topological polar surface area (TPSA) is 121 Å². The van der Waals surface area contributed by atoms with E-state index in [9.17, 15) is 14.4 Å². The van der Waals surface area contributed by atoms with Crippen molar-refractivity contribution in [2.75, 3.05) is 19.0 Å². The zero-order valence-corrected chi connectivity index (χ0v) is 19.7. The average molecular weight is 485 g/mol. The summed E-state index contributed by atoms with van der Waals surface area (Å²) in [6, 6.07) is 14.5. The van der Waals surface area contributed by atoms with E-state index in [-0.39, 0.29) is 30.2 Å². The molecular weight excluding hydrogens is 456 g/mol. The molecule has 2 aliphatic rings. The highest BCUT2D eigenvalue weighted by Crippen LogP contribution is 2.30. The molecule has 10 heteroatoms. The van der Waals surface area contributed by atoms with Crippen molar-refractivity contribution in [3.63, 3.8) is 0 Å². The van der Waals surface area contributed by atoms with E-state index in [2.05, 4.69) is 10.6 Å². The number of rotatable bonds is 6. The molecule has 2 heterocycles. The summed E-state index contributed by atoms with van der Waals surface area (Å²) in [5, 5.41) is 5.25. The number of para-hydroxylation sites is 1. The number of Topliss-reactive ketones (excluding diaryl/α,β-unsaturated/α-hetero) is 1. The third-order valence-electron chi connectivity index (χ3n) is 5.65. The number of anilines is 1. The Morgan fingerprint density at radius 2 is 1.80 bits per heavy atom. The Morgan fingerprint density at radius 3 is 2.54 bits per heavy atom. The van der Waals surface area contributed by atoms with Gasteiger partial charge in [0.2, 0.25) is 0 Å². The van der Waals surface area contributed by atoms with E-state index in [4.69, 9.17) is 23.7 Å². The van der Waals surface area contributed by atoms with Crippen LogP contribution >= 0.6 is 0 Å². The predicted octanol–water partition coefficient (Wildman–Crippen LogP) is 2.63. The summed E-state index contributed by atoms with van der Waals surface area (Å²) in [5.41, 5.74) is 1.19. The third-order valence-corrected chi connectivity index (χ3v) is 5.65. The number of hydrogen-bond donors (Lipinski definition) is 2. The maximum absolute atomic E-state index is 13.2. The first-order chi connectivity index (χ1) is 16.8. The molecule has 0 aliphatic carbocycles. The minimum absolute atomic E-state index is 0.0765. The number of benzene rings is 2. The molecule has 2 aromatic carbocycles. The Hall–Kier alpha value is -3.31. The number of nitrogens with one attached hydrogen (secondary N) is 2. The van der Waals surface area contributed by atoms with Crippen molar-refractivity contribution >= 4 is 23.5 Å². The molecule has 0 radical (unpaired) electrons. The standard InChI is InChI=1S/C25H28N2O8/c1-25(2)33-14-18-21(35-25)20(28)19(23(31-3)34-18)27-22(29)16-11-7-8-12-17(16)26-24(30)32-13-15-9-5-4-6-10-15/h4-12,18-19,21,23H,13-14H2,1-3H3,(H,26,30)(H,27,29)/t18-,19-,21-,23-/m1/s1. The second kappa shape index (κ2) is 10.5. The summed E-state index contributed by atoms with van der Waals surface area (Å²) < 4.78 is 27.7. The van der Waals surface area contributed by atoms with E-state index in [0.717, 1.165) is 5.56 Å². The van der Waals surface area contributed by atoms with Crippen LogP contribution in [0.4, 0.5) is 10.5 Å². The Bertz CT molecular complexity index is 1070. The molecule has 0 saturated carbocycles. The van der Waals surface area contributed by atoms with Gasteiger partial charge in [-0.05, 0) is 31.5 Å². The number of amides is 2. The zero-order chi connectivity index (χ0) is 25.0. The fraction of sp³-hybridized carbons (Fsp3) is 0.400. The normalized spacial score (nSPS) is 25.3. The lowest BCUT2D eigenvalue weighted by molar-refractivity contribution is -0.332. The maximum Gasteiger partial charge on any atom is 0.411 e. The van der Waals surface area contributed by atoms with Gasteiger partial charge < -0.3 is 29.0 Å². The molecular formula is C25H28N2O8. The summed E-state index contributed by atoms with van der Waals surface area (Å²) >= 11 is 0. The molecule has 4 atom stereocenters. The molecule has 0 spiro atoms. The summed E-state index contributed by atoms with van der Waals surface area (Å²) in [6.45, 7) is 3.63. The lowest BCUT2D eigenvalue weighted by atomic mass is 9.96. The lowest BCUT2D eigenvalue weighted by Gasteiger charge is -2.46. The zero-order valence-electron chi connectivity index (χ0n) is 19.7. The first-order valence-corrected chi connectivity index (χ1v) is 11.2. The van der Waals surface area contributed by atoms with Gasteiger partial charge in [0.15, 0.2) is 17.9 Å². The van der Waals surface area contributed by atoms with Gasteiger partial charge in [-0.3, -0.25) is 14.9 Å². The number of fused-ring (bicyclic) bond motifs is 1. The molecule has 4 rings (SSSR count). The van der Waals surface area contributed by atoms with Crippen molar-refractivity contribution in [1.29, 1.82) is 0 Å². The highest BCUT2D eigenvalue weighted by Gasteiger charge is 2.51. The maximum atomic E-state index is 13.2.